The van der Waals surface area contributed by atoms with Gasteiger partial charge in [-0.05, 0) is 24.6 Å². The average Bonchev–Trinajstić information content (AvgIpc) is 2.34. The van der Waals surface area contributed by atoms with Crippen LogP contribution in [0.5, 0.6) is 0 Å². The minimum Gasteiger partial charge on any atom is -0.430 e. The van der Waals surface area contributed by atoms with Crippen molar-refractivity contribution >= 4 is 23.2 Å². The van der Waals surface area contributed by atoms with Crippen LogP contribution in [0.2, 0.25) is 5.15 Å². The number of amides is 1. The molecule has 1 amide bonds. The summed E-state index contributed by atoms with van der Waals surface area (Å²) in [6, 6.07) is 4.27. The summed E-state index contributed by atoms with van der Waals surface area (Å²) in [5.74, 6) is -0.387. The molecule has 2 aromatic rings. The topological polar surface area (TPSA) is 72.2 Å². The number of halogens is 1. The highest BCUT2D eigenvalue weighted by atomic mass is 35.5. The Morgan fingerprint density at radius 1 is 1.44 bits per heavy atom. The van der Waals surface area contributed by atoms with Crippen LogP contribution in [0.1, 0.15) is 15.9 Å². The lowest BCUT2D eigenvalue weighted by Crippen LogP contribution is -2.13. The molecule has 0 radical (unpaired) electrons. The Morgan fingerprint density at radius 3 is 2.83 bits per heavy atom. The van der Waals surface area contributed by atoms with E-state index in [4.69, 9.17) is 11.6 Å². The fraction of sp³-hybridized carbons (Fsp3) is 0.0833. The van der Waals surface area contributed by atoms with Crippen molar-refractivity contribution in [2.24, 2.45) is 0 Å². The van der Waals surface area contributed by atoms with Crippen molar-refractivity contribution in [3.05, 3.63) is 57.4 Å². The molecule has 0 aliphatic carbocycles. The van der Waals surface area contributed by atoms with Crippen molar-refractivity contribution < 1.29 is 9.21 Å². The third kappa shape index (κ3) is 2.75. The van der Waals surface area contributed by atoms with Crippen LogP contribution in [-0.2, 0) is 0 Å². The summed E-state index contributed by atoms with van der Waals surface area (Å²) < 4.78 is 4.61. The highest BCUT2D eigenvalue weighted by Gasteiger charge is 2.08. The third-order valence-electron chi connectivity index (χ3n) is 2.24. The Kier molecular flexibility index (Phi) is 3.43. The monoisotopic (exact) mass is 264 g/mol. The highest BCUT2D eigenvalue weighted by molar-refractivity contribution is 6.30. The Balaban J connectivity index is 2.18. The number of rotatable bonds is 2. The van der Waals surface area contributed by atoms with Crippen LogP contribution in [-0.4, -0.2) is 10.9 Å². The molecule has 0 saturated carbocycles. The van der Waals surface area contributed by atoms with Gasteiger partial charge >= 0.3 is 5.63 Å². The second-order valence-electron chi connectivity index (χ2n) is 3.63. The van der Waals surface area contributed by atoms with Crippen LogP contribution in [0.4, 0.5) is 5.69 Å². The van der Waals surface area contributed by atoms with E-state index in [1.807, 2.05) is 0 Å². The normalized spacial score (nSPS) is 10.1. The van der Waals surface area contributed by atoms with E-state index >= 15 is 0 Å². The molecule has 0 aliphatic rings. The number of carbonyl (C=O) groups is 1. The van der Waals surface area contributed by atoms with Crippen LogP contribution in [0.3, 0.4) is 0 Å². The van der Waals surface area contributed by atoms with E-state index in [2.05, 4.69) is 14.7 Å². The molecule has 0 atom stereocenters. The van der Waals surface area contributed by atoms with Gasteiger partial charge in [-0.25, -0.2) is 9.78 Å². The fourth-order valence-electron chi connectivity index (χ4n) is 1.32. The number of aryl methyl sites for hydroxylation is 1. The van der Waals surface area contributed by atoms with Crippen molar-refractivity contribution in [3.63, 3.8) is 0 Å². The zero-order valence-electron chi connectivity index (χ0n) is 9.44. The van der Waals surface area contributed by atoms with Gasteiger partial charge in [0.2, 0.25) is 0 Å². The first kappa shape index (κ1) is 12.3. The molecule has 0 aliphatic heterocycles. The second-order valence-corrected chi connectivity index (χ2v) is 3.99. The first-order chi connectivity index (χ1) is 8.56. The number of carbonyl (C=O) groups excluding carboxylic acids is 1. The maximum Gasteiger partial charge on any atom is 0.335 e. The van der Waals surface area contributed by atoms with Gasteiger partial charge < -0.3 is 9.73 Å². The van der Waals surface area contributed by atoms with Gasteiger partial charge in [0.25, 0.3) is 5.91 Å². The quantitative estimate of drug-likeness (QED) is 0.845. The lowest BCUT2D eigenvalue weighted by molar-refractivity contribution is 0.102. The first-order valence-corrected chi connectivity index (χ1v) is 5.46. The summed E-state index contributed by atoms with van der Waals surface area (Å²) >= 11 is 5.78. The molecule has 6 heteroatoms. The Morgan fingerprint density at radius 2 is 2.22 bits per heavy atom. The minimum atomic E-state index is -0.504. The van der Waals surface area contributed by atoms with E-state index in [0.29, 0.717) is 10.8 Å². The number of nitrogens with one attached hydrogen (secondary N) is 1. The molecule has 0 fully saturated rings. The number of hydrogen-bond donors (Lipinski definition) is 1. The summed E-state index contributed by atoms with van der Waals surface area (Å²) in [6.07, 6.45) is 2.56. The van der Waals surface area contributed by atoms with Gasteiger partial charge in [0.1, 0.15) is 11.4 Å². The van der Waals surface area contributed by atoms with E-state index in [1.54, 1.807) is 13.0 Å². The van der Waals surface area contributed by atoms with Crippen molar-refractivity contribution in [2.75, 3.05) is 5.32 Å². The summed E-state index contributed by atoms with van der Waals surface area (Å²) in [4.78, 5) is 26.5. The van der Waals surface area contributed by atoms with Gasteiger partial charge in [-0.2, -0.15) is 0 Å². The largest absolute Gasteiger partial charge is 0.430 e. The maximum absolute atomic E-state index is 11.8. The molecule has 0 aromatic carbocycles. The molecule has 5 nitrogen and oxygen atoms in total. The summed E-state index contributed by atoms with van der Waals surface area (Å²) in [5.41, 5.74) is 1.03. The van der Waals surface area contributed by atoms with Crippen LogP contribution in [0.25, 0.3) is 0 Å². The zero-order chi connectivity index (χ0) is 13.1. The van der Waals surface area contributed by atoms with E-state index in [1.165, 1.54) is 18.3 Å². The van der Waals surface area contributed by atoms with Crippen molar-refractivity contribution in [3.8, 4) is 0 Å². The smallest absolute Gasteiger partial charge is 0.335 e. The molecule has 0 bridgehead atoms. The predicted octanol–water partition coefficient (Wildman–Crippen LogP) is 2.25. The summed E-state index contributed by atoms with van der Waals surface area (Å²) in [5, 5.41) is 3.01. The first-order valence-electron chi connectivity index (χ1n) is 5.08. The van der Waals surface area contributed by atoms with E-state index in [0.717, 1.165) is 11.8 Å². The van der Waals surface area contributed by atoms with E-state index in [-0.39, 0.29) is 11.5 Å². The average molecular weight is 265 g/mol. The van der Waals surface area contributed by atoms with Gasteiger partial charge in [-0.1, -0.05) is 11.6 Å². The number of hydrogen-bond acceptors (Lipinski definition) is 4. The Labute approximate surface area is 107 Å². The second kappa shape index (κ2) is 5.01. The molecule has 18 heavy (non-hydrogen) atoms. The van der Waals surface area contributed by atoms with Gasteiger partial charge in [0, 0.05) is 6.07 Å². The van der Waals surface area contributed by atoms with Crippen LogP contribution in [0, 0.1) is 6.92 Å². The lowest BCUT2D eigenvalue weighted by Gasteiger charge is -2.05. The van der Waals surface area contributed by atoms with Gasteiger partial charge in [-0.3, -0.25) is 4.79 Å². The molecule has 0 spiro atoms. The molecular formula is C12H9ClN2O3. The molecular weight excluding hydrogens is 256 g/mol. The summed E-state index contributed by atoms with van der Waals surface area (Å²) in [6.45, 7) is 1.78. The molecule has 2 aromatic heterocycles. The maximum atomic E-state index is 11.8. The minimum absolute atomic E-state index is 0.252. The van der Waals surface area contributed by atoms with E-state index < -0.39 is 5.63 Å². The Hall–Kier alpha value is -2.14. The summed E-state index contributed by atoms with van der Waals surface area (Å²) in [7, 11) is 0. The SMILES string of the molecule is Cc1cc(NC(=O)c2ccc(=O)oc2)cnc1Cl. The third-order valence-corrected chi connectivity index (χ3v) is 2.63. The number of aromatic nitrogens is 1. The number of pyridine rings is 1. The zero-order valence-corrected chi connectivity index (χ0v) is 10.2. The molecule has 2 heterocycles. The van der Waals surface area contributed by atoms with Crippen molar-refractivity contribution in [1.29, 1.82) is 0 Å². The van der Waals surface area contributed by atoms with Crippen molar-refractivity contribution in [2.45, 2.75) is 6.92 Å². The molecule has 0 saturated heterocycles. The molecule has 0 unspecified atom stereocenters. The molecule has 92 valence electrons. The predicted molar refractivity (Wildman–Crippen MR) is 66.9 cm³/mol. The fourth-order valence-corrected chi connectivity index (χ4v) is 1.42. The highest BCUT2D eigenvalue weighted by Crippen LogP contribution is 2.16. The Bertz CT molecular complexity index is 632. The standard InChI is InChI=1S/C12H9ClN2O3/c1-7-4-9(5-14-11(7)13)15-12(17)8-2-3-10(16)18-6-8/h2-6H,1H3,(H,15,17). The molecule has 2 rings (SSSR count). The van der Waals surface area contributed by atoms with Crippen LogP contribution in [0.15, 0.2) is 39.9 Å². The van der Waals surface area contributed by atoms with Crippen LogP contribution >= 0.6 is 11.6 Å². The van der Waals surface area contributed by atoms with E-state index in [9.17, 15) is 9.59 Å². The number of anilines is 1. The van der Waals surface area contributed by atoms with Crippen molar-refractivity contribution in [1.82, 2.24) is 4.98 Å². The van der Waals surface area contributed by atoms with Crippen LogP contribution < -0.4 is 10.9 Å². The van der Waals surface area contributed by atoms with Gasteiger partial charge in [0.15, 0.2) is 0 Å². The van der Waals surface area contributed by atoms with Gasteiger partial charge in [0.05, 0.1) is 17.4 Å². The molecule has 1 N–H and O–H groups in total. The lowest BCUT2D eigenvalue weighted by atomic mass is 10.2. The number of nitrogens with zero attached hydrogens (tertiary/aromatic N) is 1. The van der Waals surface area contributed by atoms with Gasteiger partial charge in [-0.15, -0.1) is 0 Å².